The zero-order chi connectivity index (χ0) is 27.7. The van der Waals surface area contributed by atoms with Gasteiger partial charge >= 0.3 is 11.7 Å². The van der Waals surface area contributed by atoms with E-state index in [2.05, 4.69) is 27.8 Å². The molecule has 2 aliphatic carbocycles. The molecular formula is C28H41ClN8O3. The number of fused-ring (bicyclic) bond motifs is 1. The van der Waals surface area contributed by atoms with E-state index < -0.39 is 11.2 Å². The molecule has 0 bridgehead atoms. The molecule has 6 N–H and O–H groups in total. The van der Waals surface area contributed by atoms with Gasteiger partial charge in [0.25, 0.3) is 0 Å². The summed E-state index contributed by atoms with van der Waals surface area (Å²) in [4.78, 5) is 45.3. The van der Waals surface area contributed by atoms with Gasteiger partial charge < -0.3 is 26.6 Å². The van der Waals surface area contributed by atoms with E-state index in [-0.39, 0.29) is 30.2 Å². The maximum Gasteiger partial charge on any atom is 0.354 e. The Kier molecular flexibility index (Phi) is 9.19. The molecule has 1 atom stereocenters. The topological polar surface area (TPSA) is 152 Å². The van der Waals surface area contributed by atoms with Crippen molar-refractivity contribution >= 4 is 30.2 Å². The molecule has 1 aromatic heterocycles. The summed E-state index contributed by atoms with van der Waals surface area (Å²) < 4.78 is 1.50. The van der Waals surface area contributed by atoms with E-state index in [1.165, 1.54) is 15.7 Å². The molecule has 3 amide bonds. The van der Waals surface area contributed by atoms with Crippen LogP contribution in [0.4, 0.5) is 10.6 Å². The van der Waals surface area contributed by atoms with Crippen molar-refractivity contribution in [3.8, 4) is 5.69 Å². The van der Waals surface area contributed by atoms with Gasteiger partial charge in [0, 0.05) is 44.5 Å². The van der Waals surface area contributed by atoms with Gasteiger partial charge in [-0.3, -0.25) is 14.7 Å². The second-order valence-electron chi connectivity index (χ2n) is 11.8. The number of amides is 3. The van der Waals surface area contributed by atoms with Gasteiger partial charge in [-0.1, -0.05) is 6.07 Å². The fourth-order valence-electron chi connectivity index (χ4n) is 5.73. The van der Waals surface area contributed by atoms with Gasteiger partial charge in [-0.05, 0) is 87.7 Å². The summed E-state index contributed by atoms with van der Waals surface area (Å²) in [5.74, 6) is 0.768. The molecule has 218 valence electrons. The van der Waals surface area contributed by atoms with Crippen molar-refractivity contribution in [2.75, 3.05) is 38.0 Å². The number of piperazine rings is 1. The molecule has 1 aromatic carbocycles. The highest BCUT2D eigenvalue weighted by Crippen LogP contribution is 2.27. The quantitative estimate of drug-likeness (QED) is 0.406. The lowest BCUT2D eigenvalue weighted by atomic mass is 9.80. The Bertz CT molecular complexity index is 1280. The van der Waals surface area contributed by atoms with Crippen LogP contribution < -0.4 is 27.8 Å². The average Bonchev–Trinajstić information content (AvgIpc) is 2.89. The number of urea groups is 1. The normalized spacial score (nSPS) is 22.6. The lowest BCUT2D eigenvalue weighted by Crippen LogP contribution is -2.58. The number of halogens is 1. The van der Waals surface area contributed by atoms with E-state index in [0.29, 0.717) is 44.2 Å². The van der Waals surface area contributed by atoms with Crippen molar-refractivity contribution < 1.29 is 9.59 Å². The van der Waals surface area contributed by atoms with Gasteiger partial charge in [0.05, 0.1) is 11.2 Å². The van der Waals surface area contributed by atoms with Gasteiger partial charge in [-0.15, -0.1) is 12.4 Å². The van der Waals surface area contributed by atoms with E-state index >= 15 is 0 Å². The minimum atomic E-state index is -0.944. The molecular weight excluding hydrogens is 532 g/mol. The first kappa shape index (κ1) is 30.0. The molecule has 1 saturated heterocycles. The monoisotopic (exact) mass is 572 g/mol. The van der Waals surface area contributed by atoms with Crippen molar-refractivity contribution in [2.45, 2.75) is 63.6 Å². The number of nitrogens with zero attached hydrogens (tertiary/aromatic N) is 4. The molecule has 5 rings (SSSR count). The number of hydrogen-bond acceptors (Lipinski definition) is 7. The minimum absolute atomic E-state index is 0. The molecule has 11 nitrogen and oxygen atoms in total. The van der Waals surface area contributed by atoms with Crippen LogP contribution in [0, 0.1) is 5.92 Å². The number of aromatic nitrogens is 2. The Balaban J connectivity index is 0.00000370. The summed E-state index contributed by atoms with van der Waals surface area (Å²) in [6.45, 7) is 5.97. The van der Waals surface area contributed by atoms with Crippen LogP contribution in [0.25, 0.3) is 5.69 Å². The summed E-state index contributed by atoms with van der Waals surface area (Å²) in [6, 6.07) is 8.27. The van der Waals surface area contributed by atoms with Crippen molar-refractivity contribution in [2.24, 2.45) is 17.4 Å². The fourth-order valence-corrected chi connectivity index (χ4v) is 5.73. The fraction of sp³-hybridized carbons (Fsp3) is 0.571. The van der Waals surface area contributed by atoms with E-state index in [1.807, 2.05) is 6.07 Å². The summed E-state index contributed by atoms with van der Waals surface area (Å²) in [6.07, 6.45) is 6.90. The van der Waals surface area contributed by atoms with Crippen LogP contribution in [0.1, 0.15) is 44.2 Å². The number of aryl methyl sites for hydroxylation is 1. The second kappa shape index (κ2) is 12.3. The van der Waals surface area contributed by atoms with E-state index in [1.54, 1.807) is 35.9 Å². The number of anilines is 1. The Hall–Kier alpha value is -2.99. The van der Waals surface area contributed by atoms with Gasteiger partial charge in [-0.2, -0.15) is 4.98 Å². The number of rotatable bonds is 6. The second-order valence-corrected chi connectivity index (χ2v) is 11.8. The predicted molar refractivity (Wildman–Crippen MR) is 157 cm³/mol. The van der Waals surface area contributed by atoms with Crippen molar-refractivity contribution in [3.05, 3.63) is 52.1 Å². The van der Waals surface area contributed by atoms with Crippen LogP contribution >= 0.6 is 12.4 Å². The van der Waals surface area contributed by atoms with Crippen LogP contribution in [0.5, 0.6) is 0 Å². The Morgan fingerprint density at radius 3 is 2.42 bits per heavy atom. The molecule has 2 fully saturated rings. The van der Waals surface area contributed by atoms with Crippen LogP contribution in [0.15, 0.2) is 35.3 Å². The first-order valence-electron chi connectivity index (χ1n) is 13.9. The van der Waals surface area contributed by atoms with Crippen LogP contribution in [-0.2, 0) is 17.6 Å². The SMILES string of the molecule is CC(C)(N)C(=O)N1CCN(C(=O)Nc2ccn(-c3ccc4c(c3)CCC(NC[C@H]3C[C@H](N)C3)C4)c(=O)n2)CC1.Cl. The zero-order valence-electron chi connectivity index (χ0n) is 23.3. The highest BCUT2D eigenvalue weighted by Gasteiger charge is 2.31. The zero-order valence-corrected chi connectivity index (χ0v) is 24.1. The maximum absolute atomic E-state index is 12.8. The van der Waals surface area contributed by atoms with E-state index in [4.69, 9.17) is 11.5 Å². The minimum Gasteiger partial charge on any atom is -0.338 e. The van der Waals surface area contributed by atoms with E-state index in [0.717, 1.165) is 44.3 Å². The number of benzene rings is 1. The Morgan fingerprint density at radius 2 is 1.77 bits per heavy atom. The number of hydrogen-bond donors (Lipinski definition) is 4. The molecule has 40 heavy (non-hydrogen) atoms. The Labute approximate surface area is 241 Å². The molecule has 2 heterocycles. The predicted octanol–water partition coefficient (Wildman–Crippen LogP) is 1.25. The lowest BCUT2D eigenvalue weighted by molar-refractivity contribution is -0.137. The highest BCUT2D eigenvalue weighted by molar-refractivity contribution is 5.89. The van der Waals surface area contributed by atoms with Crippen molar-refractivity contribution in [3.63, 3.8) is 0 Å². The molecule has 1 aliphatic heterocycles. The number of nitrogens with one attached hydrogen (secondary N) is 2. The largest absolute Gasteiger partial charge is 0.354 e. The molecule has 0 spiro atoms. The Morgan fingerprint density at radius 1 is 1.07 bits per heavy atom. The molecule has 2 aromatic rings. The number of nitrogens with two attached hydrogens (primary N) is 2. The summed E-state index contributed by atoms with van der Waals surface area (Å²) in [5.41, 5.74) is 13.8. The molecule has 1 unspecified atom stereocenters. The highest BCUT2D eigenvalue weighted by atomic mass is 35.5. The van der Waals surface area contributed by atoms with Crippen LogP contribution in [0.3, 0.4) is 0 Å². The smallest absolute Gasteiger partial charge is 0.338 e. The van der Waals surface area contributed by atoms with Crippen molar-refractivity contribution in [1.82, 2.24) is 24.7 Å². The van der Waals surface area contributed by atoms with Crippen molar-refractivity contribution in [1.29, 1.82) is 0 Å². The number of carbonyl (C=O) groups excluding carboxylic acids is 2. The van der Waals surface area contributed by atoms with Gasteiger partial charge in [-0.25, -0.2) is 9.59 Å². The standard InChI is InChI=1S/C28H40N8O3.ClH/c1-28(2,30)25(37)34-9-11-35(12-10-34)26(38)32-24-7-8-36(27(39)33-24)23-6-4-19-15-22(5-3-20(19)16-23)31-17-18-13-21(29)14-18;/h4,6-8,16,18,21-22,31H,3,5,9-15,17,29-30H2,1-2H3,(H,32,33,38,39);1H/t18-,21-,22?;. The van der Waals surface area contributed by atoms with Gasteiger partial charge in [0.15, 0.2) is 0 Å². The average molecular weight is 573 g/mol. The molecule has 3 aliphatic rings. The third-order valence-electron chi connectivity index (χ3n) is 8.11. The van der Waals surface area contributed by atoms with Gasteiger partial charge in [0.2, 0.25) is 5.91 Å². The third kappa shape index (κ3) is 6.83. The van der Waals surface area contributed by atoms with E-state index in [9.17, 15) is 14.4 Å². The third-order valence-corrected chi connectivity index (χ3v) is 8.11. The molecule has 12 heteroatoms. The summed E-state index contributed by atoms with van der Waals surface area (Å²) in [7, 11) is 0. The summed E-state index contributed by atoms with van der Waals surface area (Å²) in [5, 5.41) is 6.43. The maximum atomic E-state index is 12.8. The molecule has 0 radical (unpaired) electrons. The summed E-state index contributed by atoms with van der Waals surface area (Å²) >= 11 is 0. The molecule has 1 saturated carbocycles. The van der Waals surface area contributed by atoms with Crippen LogP contribution in [0.2, 0.25) is 0 Å². The first-order valence-corrected chi connectivity index (χ1v) is 13.9. The van der Waals surface area contributed by atoms with Gasteiger partial charge in [0.1, 0.15) is 5.82 Å². The lowest BCUT2D eigenvalue weighted by Gasteiger charge is -2.37. The number of carbonyl (C=O) groups is 2. The van der Waals surface area contributed by atoms with Crippen LogP contribution in [-0.4, -0.2) is 81.6 Å². The first-order chi connectivity index (χ1) is 18.6.